The zero-order chi connectivity index (χ0) is 13.0. The monoisotopic (exact) mass is 267 g/mol. The van der Waals surface area contributed by atoms with Crippen molar-refractivity contribution < 1.29 is 5.11 Å². The summed E-state index contributed by atoms with van der Waals surface area (Å²) >= 11 is 6.01. The van der Waals surface area contributed by atoms with E-state index >= 15 is 0 Å². The lowest BCUT2D eigenvalue weighted by Crippen LogP contribution is -2.35. The summed E-state index contributed by atoms with van der Waals surface area (Å²) in [5.74, 6) is 0. The Labute approximate surface area is 115 Å². The molecule has 0 spiro atoms. The third kappa shape index (κ3) is 2.99. The molecule has 1 aliphatic rings. The normalized spacial score (nSPS) is 20.8. The second-order valence-electron chi connectivity index (χ2n) is 5.04. The van der Waals surface area contributed by atoms with Gasteiger partial charge in [0.25, 0.3) is 0 Å². The third-order valence-corrected chi connectivity index (χ3v) is 4.10. The fourth-order valence-electron chi connectivity index (χ4n) is 2.88. The molecule has 1 fully saturated rings. The summed E-state index contributed by atoms with van der Waals surface area (Å²) in [5, 5.41) is 10.2. The Morgan fingerprint density at radius 1 is 1.33 bits per heavy atom. The first-order chi connectivity index (χ1) is 8.76. The van der Waals surface area contributed by atoms with E-state index in [0.717, 1.165) is 24.2 Å². The first-order valence-electron chi connectivity index (χ1n) is 6.92. The van der Waals surface area contributed by atoms with Gasteiger partial charge in [-0.1, -0.05) is 31.4 Å². The molecule has 0 aromatic heterocycles. The highest BCUT2D eigenvalue weighted by atomic mass is 35.5. The minimum Gasteiger partial charge on any atom is -0.392 e. The van der Waals surface area contributed by atoms with Crippen molar-refractivity contribution in [3.63, 3.8) is 0 Å². The highest BCUT2D eigenvalue weighted by Crippen LogP contribution is 2.30. The Balaban J connectivity index is 2.32. The van der Waals surface area contributed by atoms with E-state index in [1.54, 1.807) is 0 Å². The Hall–Kier alpha value is -0.730. The number of aliphatic hydroxyl groups excluding tert-OH is 1. The van der Waals surface area contributed by atoms with Gasteiger partial charge in [0.1, 0.15) is 0 Å². The molecule has 1 N–H and O–H groups in total. The molecule has 1 aromatic rings. The van der Waals surface area contributed by atoms with Crippen LogP contribution in [0.15, 0.2) is 18.2 Å². The predicted octanol–water partition coefficient (Wildman–Crippen LogP) is 3.99. The van der Waals surface area contributed by atoms with E-state index < -0.39 is 0 Å². The SMILES string of the molecule is CCC1CCCCCN1c1ccc(Cl)cc1CO. The van der Waals surface area contributed by atoms with Gasteiger partial charge in [0.15, 0.2) is 0 Å². The van der Waals surface area contributed by atoms with Gasteiger partial charge in [-0.25, -0.2) is 0 Å². The summed E-state index contributed by atoms with van der Waals surface area (Å²) in [4.78, 5) is 2.47. The fourth-order valence-corrected chi connectivity index (χ4v) is 3.07. The minimum atomic E-state index is 0.0584. The molecular weight excluding hydrogens is 246 g/mol. The van der Waals surface area contributed by atoms with Crippen LogP contribution in [0.2, 0.25) is 5.02 Å². The summed E-state index contributed by atoms with van der Waals surface area (Å²) in [6, 6.07) is 6.46. The molecule has 1 aromatic carbocycles. The van der Waals surface area contributed by atoms with Crippen LogP contribution in [0, 0.1) is 0 Å². The van der Waals surface area contributed by atoms with Gasteiger partial charge in [-0.2, -0.15) is 0 Å². The Kier molecular flexibility index (Phi) is 4.90. The molecule has 18 heavy (non-hydrogen) atoms. The zero-order valence-corrected chi connectivity index (χ0v) is 11.8. The fraction of sp³-hybridized carbons (Fsp3) is 0.600. The smallest absolute Gasteiger partial charge is 0.0702 e. The van der Waals surface area contributed by atoms with Gasteiger partial charge in [-0.15, -0.1) is 0 Å². The van der Waals surface area contributed by atoms with Gasteiger partial charge in [0.2, 0.25) is 0 Å². The maximum atomic E-state index is 9.52. The molecule has 100 valence electrons. The molecule has 0 bridgehead atoms. The Morgan fingerprint density at radius 2 is 2.17 bits per heavy atom. The molecule has 1 unspecified atom stereocenters. The van der Waals surface area contributed by atoms with Gasteiger partial charge in [-0.3, -0.25) is 0 Å². The standard InChI is InChI=1S/C15H22ClNO/c1-2-14-6-4-3-5-9-17(14)15-8-7-13(16)10-12(15)11-18/h7-8,10,14,18H,2-6,9,11H2,1H3. The van der Waals surface area contributed by atoms with Crippen LogP contribution in [0.5, 0.6) is 0 Å². The van der Waals surface area contributed by atoms with Crippen LogP contribution in [0.1, 0.15) is 44.6 Å². The lowest BCUT2D eigenvalue weighted by Gasteiger charge is -2.33. The van der Waals surface area contributed by atoms with Gasteiger partial charge in [0.05, 0.1) is 6.61 Å². The van der Waals surface area contributed by atoms with Crippen molar-refractivity contribution in [1.29, 1.82) is 0 Å². The average molecular weight is 268 g/mol. The van der Waals surface area contributed by atoms with E-state index in [2.05, 4.69) is 17.9 Å². The quantitative estimate of drug-likeness (QED) is 0.895. The molecule has 2 nitrogen and oxygen atoms in total. The van der Waals surface area contributed by atoms with Crippen molar-refractivity contribution in [2.45, 2.75) is 51.7 Å². The number of hydrogen-bond donors (Lipinski definition) is 1. The van der Waals surface area contributed by atoms with Crippen LogP contribution in [0.25, 0.3) is 0 Å². The summed E-state index contributed by atoms with van der Waals surface area (Å²) in [6.45, 7) is 3.40. The lowest BCUT2D eigenvalue weighted by molar-refractivity contribution is 0.281. The largest absolute Gasteiger partial charge is 0.392 e. The summed E-state index contributed by atoms with van der Waals surface area (Å²) in [6.07, 6.45) is 6.29. The average Bonchev–Trinajstić information content (AvgIpc) is 2.63. The molecule has 1 atom stereocenters. The maximum Gasteiger partial charge on any atom is 0.0702 e. The Morgan fingerprint density at radius 3 is 2.89 bits per heavy atom. The number of nitrogens with zero attached hydrogens (tertiary/aromatic N) is 1. The number of aliphatic hydroxyl groups is 1. The molecule has 3 heteroatoms. The van der Waals surface area contributed by atoms with Crippen LogP contribution in [-0.2, 0) is 6.61 Å². The lowest BCUT2D eigenvalue weighted by atomic mass is 10.1. The van der Waals surface area contributed by atoms with Crippen LogP contribution in [0.3, 0.4) is 0 Å². The third-order valence-electron chi connectivity index (χ3n) is 3.87. The van der Waals surface area contributed by atoms with Crippen LogP contribution < -0.4 is 4.90 Å². The number of rotatable bonds is 3. The molecular formula is C15H22ClNO. The molecule has 1 aliphatic heterocycles. The van der Waals surface area contributed by atoms with Crippen molar-refractivity contribution >= 4 is 17.3 Å². The number of halogens is 1. The minimum absolute atomic E-state index is 0.0584. The van der Waals surface area contributed by atoms with E-state index in [-0.39, 0.29) is 6.61 Å². The molecule has 0 radical (unpaired) electrons. The summed E-state index contributed by atoms with van der Waals surface area (Å²) in [5.41, 5.74) is 2.11. The van der Waals surface area contributed by atoms with Gasteiger partial charge < -0.3 is 10.0 Å². The molecule has 1 heterocycles. The van der Waals surface area contributed by atoms with Crippen LogP contribution in [-0.4, -0.2) is 17.7 Å². The van der Waals surface area contributed by atoms with E-state index in [9.17, 15) is 5.11 Å². The zero-order valence-electron chi connectivity index (χ0n) is 11.0. The topological polar surface area (TPSA) is 23.5 Å². The van der Waals surface area contributed by atoms with Crippen molar-refractivity contribution in [2.75, 3.05) is 11.4 Å². The van der Waals surface area contributed by atoms with Crippen molar-refractivity contribution in [3.05, 3.63) is 28.8 Å². The maximum absolute atomic E-state index is 9.52. The molecule has 0 saturated carbocycles. The predicted molar refractivity (Wildman–Crippen MR) is 77.3 cm³/mol. The van der Waals surface area contributed by atoms with Crippen molar-refractivity contribution in [1.82, 2.24) is 0 Å². The first kappa shape index (κ1) is 13.7. The number of benzene rings is 1. The van der Waals surface area contributed by atoms with Crippen molar-refractivity contribution in [3.8, 4) is 0 Å². The summed E-state index contributed by atoms with van der Waals surface area (Å²) in [7, 11) is 0. The summed E-state index contributed by atoms with van der Waals surface area (Å²) < 4.78 is 0. The number of anilines is 1. The van der Waals surface area contributed by atoms with Crippen molar-refractivity contribution in [2.24, 2.45) is 0 Å². The van der Waals surface area contributed by atoms with E-state index in [0.29, 0.717) is 11.1 Å². The van der Waals surface area contributed by atoms with Crippen LogP contribution >= 0.6 is 11.6 Å². The second-order valence-corrected chi connectivity index (χ2v) is 5.47. The highest BCUT2D eigenvalue weighted by Gasteiger charge is 2.21. The molecule has 0 amide bonds. The van der Waals surface area contributed by atoms with Gasteiger partial charge >= 0.3 is 0 Å². The highest BCUT2D eigenvalue weighted by molar-refractivity contribution is 6.30. The van der Waals surface area contributed by atoms with E-state index in [4.69, 9.17) is 11.6 Å². The van der Waals surface area contributed by atoms with E-state index in [1.807, 2.05) is 12.1 Å². The Bertz CT molecular complexity index is 394. The van der Waals surface area contributed by atoms with Gasteiger partial charge in [0, 0.05) is 28.9 Å². The molecule has 2 rings (SSSR count). The number of hydrogen-bond acceptors (Lipinski definition) is 2. The first-order valence-corrected chi connectivity index (χ1v) is 7.30. The molecule has 1 saturated heterocycles. The van der Waals surface area contributed by atoms with Gasteiger partial charge in [-0.05, 0) is 37.5 Å². The van der Waals surface area contributed by atoms with Crippen LogP contribution in [0.4, 0.5) is 5.69 Å². The molecule has 0 aliphatic carbocycles. The van der Waals surface area contributed by atoms with E-state index in [1.165, 1.54) is 25.7 Å². The second kappa shape index (κ2) is 6.44.